The Kier molecular flexibility index (Phi) is 5.55. The highest BCUT2D eigenvalue weighted by Gasteiger charge is 2.37. The number of nitrogens with zero attached hydrogens (tertiary/aromatic N) is 1. The molecule has 3 unspecified atom stereocenters. The largest absolute Gasteiger partial charge is 0.311 e. The molecule has 1 saturated carbocycles. The van der Waals surface area contributed by atoms with Gasteiger partial charge >= 0.3 is 0 Å². The summed E-state index contributed by atoms with van der Waals surface area (Å²) in [5.74, 6) is 2.33. The highest BCUT2D eigenvalue weighted by atomic mass is 32.2. The van der Waals surface area contributed by atoms with E-state index in [1.165, 1.54) is 76.8 Å². The lowest BCUT2D eigenvalue weighted by Crippen LogP contribution is -2.60. The summed E-state index contributed by atoms with van der Waals surface area (Å²) in [7, 11) is 0. The fourth-order valence-electron chi connectivity index (χ4n) is 4.72. The minimum absolute atomic E-state index is 0.530. The van der Waals surface area contributed by atoms with Gasteiger partial charge in [-0.05, 0) is 50.7 Å². The first-order chi connectivity index (χ1) is 10.2. The van der Waals surface area contributed by atoms with Gasteiger partial charge in [0.25, 0.3) is 0 Å². The molecule has 0 spiro atoms. The van der Waals surface area contributed by atoms with E-state index in [0.29, 0.717) is 4.75 Å². The van der Waals surface area contributed by atoms with Crippen LogP contribution in [0.3, 0.4) is 0 Å². The third-order valence-corrected chi connectivity index (χ3v) is 7.61. The lowest BCUT2D eigenvalue weighted by Gasteiger charge is -2.46. The van der Waals surface area contributed by atoms with E-state index in [2.05, 4.69) is 35.8 Å². The highest BCUT2D eigenvalue weighted by Crippen LogP contribution is 2.39. The van der Waals surface area contributed by atoms with Gasteiger partial charge in [0.2, 0.25) is 0 Å². The highest BCUT2D eigenvalue weighted by molar-refractivity contribution is 8.00. The minimum atomic E-state index is 0.530. The summed E-state index contributed by atoms with van der Waals surface area (Å²) in [4.78, 5) is 2.86. The van der Waals surface area contributed by atoms with Crippen molar-refractivity contribution >= 4 is 11.8 Å². The van der Waals surface area contributed by atoms with Crippen molar-refractivity contribution in [3.05, 3.63) is 0 Å². The summed E-state index contributed by atoms with van der Waals surface area (Å²) in [6.07, 6.45) is 11.5. The number of rotatable bonds is 4. The molecule has 0 aromatic heterocycles. The summed E-state index contributed by atoms with van der Waals surface area (Å²) in [6, 6.07) is 1.53. The lowest BCUT2D eigenvalue weighted by atomic mass is 9.82. The van der Waals surface area contributed by atoms with Gasteiger partial charge in [-0.3, -0.25) is 4.90 Å². The molecule has 3 atom stereocenters. The molecular weight excluding hydrogens is 276 g/mol. The van der Waals surface area contributed by atoms with Gasteiger partial charge in [0.15, 0.2) is 0 Å². The molecule has 3 aliphatic rings. The normalized spacial score (nSPS) is 39.7. The lowest BCUT2D eigenvalue weighted by molar-refractivity contribution is 0.0856. The quantitative estimate of drug-likeness (QED) is 0.847. The molecule has 2 heterocycles. The van der Waals surface area contributed by atoms with E-state index >= 15 is 0 Å². The maximum atomic E-state index is 3.91. The zero-order valence-electron chi connectivity index (χ0n) is 14.1. The Morgan fingerprint density at radius 3 is 2.67 bits per heavy atom. The van der Waals surface area contributed by atoms with Crippen molar-refractivity contribution < 1.29 is 0 Å². The summed E-state index contributed by atoms with van der Waals surface area (Å²) in [6.45, 7) is 8.72. The standard InChI is InChI=1S/C18H34N2S/c1-3-16-12-19-17(15-8-5-4-6-9-15)13-20(16)14-18(2)10-7-11-21-18/h15-17,19H,3-14H2,1-2H3. The number of hydrogen-bond donors (Lipinski definition) is 1. The van der Waals surface area contributed by atoms with Gasteiger partial charge in [-0.15, -0.1) is 0 Å². The Bertz CT molecular complexity index is 321. The van der Waals surface area contributed by atoms with Crippen LogP contribution >= 0.6 is 11.8 Å². The van der Waals surface area contributed by atoms with E-state index in [9.17, 15) is 0 Å². The maximum absolute atomic E-state index is 3.91. The van der Waals surface area contributed by atoms with Crippen LogP contribution in [0.4, 0.5) is 0 Å². The molecule has 21 heavy (non-hydrogen) atoms. The molecule has 1 aliphatic carbocycles. The van der Waals surface area contributed by atoms with Crippen molar-refractivity contribution in [2.75, 3.05) is 25.4 Å². The summed E-state index contributed by atoms with van der Waals surface area (Å²) in [5.41, 5.74) is 0. The van der Waals surface area contributed by atoms with Crippen molar-refractivity contribution in [1.82, 2.24) is 10.2 Å². The first-order valence-electron chi connectivity index (χ1n) is 9.31. The van der Waals surface area contributed by atoms with Crippen LogP contribution in [0.1, 0.15) is 65.2 Å². The Balaban J connectivity index is 1.61. The summed E-state index contributed by atoms with van der Waals surface area (Å²) in [5, 5.41) is 3.91. The van der Waals surface area contributed by atoms with Crippen LogP contribution in [0.25, 0.3) is 0 Å². The molecule has 2 nitrogen and oxygen atoms in total. The van der Waals surface area contributed by atoms with E-state index in [1.54, 1.807) is 0 Å². The Hall–Kier alpha value is 0.270. The van der Waals surface area contributed by atoms with Crippen molar-refractivity contribution in [2.45, 2.75) is 82.0 Å². The molecule has 2 aliphatic heterocycles. The summed E-state index contributed by atoms with van der Waals surface area (Å²) < 4.78 is 0.530. The van der Waals surface area contributed by atoms with E-state index in [4.69, 9.17) is 0 Å². The molecule has 0 amide bonds. The number of nitrogens with one attached hydrogen (secondary N) is 1. The third-order valence-electron chi connectivity index (χ3n) is 6.09. The SMILES string of the molecule is CCC1CNC(C2CCCCC2)CN1CC1(C)CCCS1. The van der Waals surface area contributed by atoms with Crippen molar-refractivity contribution in [3.8, 4) is 0 Å². The molecule has 122 valence electrons. The molecule has 3 fully saturated rings. The topological polar surface area (TPSA) is 15.3 Å². The van der Waals surface area contributed by atoms with Crippen LogP contribution in [-0.2, 0) is 0 Å². The Labute approximate surface area is 135 Å². The van der Waals surface area contributed by atoms with Crippen LogP contribution in [0, 0.1) is 5.92 Å². The number of thioether (sulfide) groups is 1. The molecular formula is C18H34N2S. The molecule has 3 heteroatoms. The van der Waals surface area contributed by atoms with Crippen LogP contribution in [0.15, 0.2) is 0 Å². The van der Waals surface area contributed by atoms with Crippen LogP contribution in [-0.4, -0.2) is 47.1 Å². The number of hydrogen-bond acceptors (Lipinski definition) is 3. The van der Waals surface area contributed by atoms with Crippen molar-refractivity contribution in [3.63, 3.8) is 0 Å². The zero-order chi connectivity index (χ0) is 14.7. The van der Waals surface area contributed by atoms with Crippen LogP contribution in [0.5, 0.6) is 0 Å². The van der Waals surface area contributed by atoms with Crippen LogP contribution in [0.2, 0.25) is 0 Å². The van der Waals surface area contributed by atoms with E-state index in [0.717, 1.165) is 18.0 Å². The second kappa shape index (κ2) is 7.23. The first-order valence-corrected chi connectivity index (χ1v) is 10.3. The monoisotopic (exact) mass is 310 g/mol. The Morgan fingerprint density at radius 2 is 2.00 bits per heavy atom. The average molecular weight is 311 g/mol. The van der Waals surface area contributed by atoms with Gasteiger partial charge in [-0.25, -0.2) is 0 Å². The van der Waals surface area contributed by atoms with Crippen molar-refractivity contribution in [1.29, 1.82) is 0 Å². The molecule has 0 aromatic carbocycles. The fourth-order valence-corrected chi connectivity index (χ4v) is 6.05. The summed E-state index contributed by atoms with van der Waals surface area (Å²) >= 11 is 2.23. The molecule has 3 rings (SSSR count). The van der Waals surface area contributed by atoms with Gasteiger partial charge in [0.05, 0.1) is 0 Å². The first kappa shape index (κ1) is 16.1. The maximum Gasteiger partial charge on any atom is 0.0259 e. The predicted molar refractivity (Wildman–Crippen MR) is 94.1 cm³/mol. The van der Waals surface area contributed by atoms with Gasteiger partial charge < -0.3 is 5.32 Å². The molecule has 2 saturated heterocycles. The second-order valence-corrected chi connectivity index (χ2v) is 9.49. The third kappa shape index (κ3) is 3.97. The predicted octanol–water partition coefficient (Wildman–Crippen LogP) is 3.90. The molecule has 0 radical (unpaired) electrons. The van der Waals surface area contributed by atoms with E-state index < -0.39 is 0 Å². The van der Waals surface area contributed by atoms with E-state index in [1.807, 2.05) is 0 Å². The van der Waals surface area contributed by atoms with Gasteiger partial charge in [-0.2, -0.15) is 11.8 Å². The molecule has 0 bridgehead atoms. The van der Waals surface area contributed by atoms with Gasteiger partial charge in [0, 0.05) is 36.5 Å². The zero-order valence-corrected chi connectivity index (χ0v) is 14.9. The second-order valence-electron chi connectivity index (χ2n) is 7.81. The average Bonchev–Trinajstić information content (AvgIpc) is 2.94. The van der Waals surface area contributed by atoms with Crippen LogP contribution < -0.4 is 5.32 Å². The minimum Gasteiger partial charge on any atom is -0.311 e. The molecule has 0 aromatic rings. The van der Waals surface area contributed by atoms with Crippen molar-refractivity contribution in [2.24, 2.45) is 5.92 Å². The van der Waals surface area contributed by atoms with E-state index in [-0.39, 0.29) is 0 Å². The molecule has 1 N–H and O–H groups in total. The van der Waals surface area contributed by atoms with Gasteiger partial charge in [0.1, 0.15) is 0 Å². The fraction of sp³-hybridized carbons (Fsp3) is 1.00. The number of piperazine rings is 1. The smallest absolute Gasteiger partial charge is 0.0259 e. The van der Waals surface area contributed by atoms with Gasteiger partial charge in [-0.1, -0.05) is 26.2 Å². The Morgan fingerprint density at radius 1 is 1.19 bits per heavy atom.